The van der Waals surface area contributed by atoms with Crippen molar-refractivity contribution in [1.82, 2.24) is 29.4 Å². The first-order chi connectivity index (χ1) is 17.2. The molecule has 1 aliphatic heterocycles. The number of aryl methyl sites for hydroxylation is 3. The van der Waals surface area contributed by atoms with Crippen molar-refractivity contribution in [3.8, 4) is 0 Å². The fraction of sp³-hybridized carbons (Fsp3) is 0.333. The molecular weight excluding hydrogens is 476 g/mol. The summed E-state index contributed by atoms with van der Waals surface area (Å²) in [7, 11) is 1.79. The van der Waals surface area contributed by atoms with Gasteiger partial charge in [-0.3, -0.25) is 14.3 Å². The van der Waals surface area contributed by atoms with Crippen molar-refractivity contribution in [2.45, 2.75) is 39.2 Å². The van der Waals surface area contributed by atoms with Crippen LogP contribution in [-0.4, -0.2) is 55.0 Å². The second-order valence-corrected chi connectivity index (χ2v) is 9.90. The van der Waals surface area contributed by atoms with Gasteiger partial charge in [0.2, 0.25) is 0 Å². The van der Waals surface area contributed by atoms with Crippen LogP contribution in [0.4, 0.5) is 0 Å². The standard InChI is InChI=1S/C27H29ClN6O2/c1-16-13-29-25-22(28)12-20(14-34(16)25)27(36)33-11-10-23(21(15-33)19-8-6-5-7-9-19)30-26(35)24-17(2)18(3)31-32(24)4/h5-9,12-14,21,23H,10-11,15H2,1-4H3,(H,30,35)/t21-,23-/m1/s1. The van der Waals surface area contributed by atoms with Crippen LogP contribution in [0.1, 0.15) is 55.7 Å². The fourth-order valence-corrected chi connectivity index (χ4v) is 5.39. The first-order valence-electron chi connectivity index (χ1n) is 12.0. The number of nitrogens with one attached hydrogen (secondary N) is 1. The van der Waals surface area contributed by atoms with Gasteiger partial charge in [-0.1, -0.05) is 41.9 Å². The molecule has 0 spiro atoms. The third kappa shape index (κ3) is 4.26. The summed E-state index contributed by atoms with van der Waals surface area (Å²) in [6.45, 7) is 6.75. The van der Waals surface area contributed by atoms with E-state index in [-0.39, 0.29) is 23.8 Å². The van der Waals surface area contributed by atoms with Gasteiger partial charge in [-0.25, -0.2) is 4.98 Å². The maximum atomic E-state index is 13.6. The van der Waals surface area contributed by atoms with Crippen molar-refractivity contribution in [2.24, 2.45) is 7.05 Å². The van der Waals surface area contributed by atoms with E-state index < -0.39 is 0 Å². The highest BCUT2D eigenvalue weighted by Gasteiger charge is 2.35. The summed E-state index contributed by atoms with van der Waals surface area (Å²) in [6.07, 6.45) is 4.17. The lowest BCUT2D eigenvalue weighted by Gasteiger charge is -2.39. The minimum absolute atomic E-state index is 0.0586. The Bertz CT molecular complexity index is 1460. The number of halogens is 1. The molecule has 0 bridgehead atoms. The number of benzene rings is 1. The number of likely N-dealkylation sites (tertiary alicyclic amines) is 1. The molecule has 1 aromatic carbocycles. The Hall–Kier alpha value is -3.65. The number of piperidine rings is 1. The molecule has 4 heterocycles. The molecule has 8 nitrogen and oxygen atoms in total. The van der Waals surface area contributed by atoms with Crippen LogP contribution >= 0.6 is 11.6 Å². The number of aromatic nitrogens is 4. The maximum absolute atomic E-state index is 13.6. The van der Waals surface area contributed by atoms with Crippen LogP contribution in [-0.2, 0) is 7.05 Å². The van der Waals surface area contributed by atoms with E-state index in [1.165, 1.54) is 0 Å². The second kappa shape index (κ2) is 9.43. The van der Waals surface area contributed by atoms with E-state index in [9.17, 15) is 9.59 Å². The van der Waals surface area contributed by atoms with Gasteiger partial charge < -0.3 is 14.6 Å². The molecule has 186 valence electrons. The smallest absolute Gasteiger partial charge is 0.270 e. The molecule has 2 amide bonds. The predicted octanol–water partition coefficient (Wildman–Crippen LogP) is 4.07. The van der Waals surface area contributed by atoms with Crippen molar-refractivity contribution in [1.29, 1.82) is 0 Å². The summed E-state index contributed by atoms with van der Waals surface area (Å²) in [4.78, 5) is 33.0. The third-order valence-electron chi connectivity index (χ3n) is 7.17. The van der Waals surface area contributed by atoms with E-state index in [1.54, 1.807) is 30.2 Å². The Morgan fingerprint density at radius 1 is 1.14 bits per heavy atom. The fourth-order valence-electron chi connectivity index (χ4n) is 5.13. The number of hydrogen-bond acceptors (Lipinski definition) is 4. The molecule has 1 saturated heterocycles. The summed E-state index contributed by atoms with van der Waals surface area (Å²) in [5, 5.41) is 8.07. The number of fused-ring (bicyclic) bond motifs is 1. The second-order valence-electron chi connectivity index (χ2n) is 9.49. The summed E-state index contributed by atoms with van der Waals surface area (Å²) < 4.78 is 3.48. The Balaban J connectivity index is 1.42. The van der Waals surface area contributed by atoms with Gasteiger partial charge >= 0.3 is 0 Å². The zero-order valence-corrected chi connectivity index (χ0v) is 21.6. The summed E-state index contributed by atoms with van der Waals surface area (Å²) >= 11 is 6.44. The molecule has 0 aliphatic carbocycles. The average molecular weight is 505 g/mol. The molecule has 3 aromatic heterocycles. The highest BCUT2D eigenvalue weighted by Crippen LogP contribution is 2.30. The first-order valence-corrected chi connectivity index (χ1v) is 12.4. The van der Waals surface area contributed by atoms with Gasteiger partial charge in [-0.05, 0) is 38.8 Å². The molecule has 0 radical (unpaired) electrons. The van der Waals surface area contributed by atoms with E-state index in [1.807, 2.05) is 48.3 Å². The van der Waals surface area contributed by atoms with E-state index in [2.05, 4.69) is 27.5 Å². The average Bonchev–Trinajstić information content (AvgIpc) is 3.37. The predicted molar refractivity (Wildman–Crippen MR) is 139 cm³/mol. The lowest BCUT2D eigenvalue weighted by molar-refractivity contribution is 0.0670. The van der Waals surface area contributed by atoms with Crippen molar-refractivity contribution < 1.29 is 9.59 Å². The van der Waals surface area contributed by atoms with Gasteiger partial charge in [-0.2, -0.15) is 5.10 Å². The number of carbonyl (C=O) groups is 2. The SMILES string of the molecule is Cc1nn(C)c(C(=O)N[C@@H]2CCN(C(=O)c3cc(Cl)c4ncc(C)n4c3)C[C@@H]2c2ccccc2)c1C. The zero-order chi connectivity index (χ0) is 25.6. The van der Waals surface area contributed by atoms with Crippen LogP contribution in [0.2, 0.25) is 5.02 Å². The summed E-state index contributed by atoms with van der Waals surface area (Å²) in [6, 6.07) is 11.6. The van der Waals surface area contributed by atoms with Crippen molar-refractivity contribution in [3.05, 3.63) is 87.6 Å². The third-order valence-corrected chi connectivity index (χ3v) is 7.45. The molecule has 0 saturated carbocycles. The molecule has 0 unspecified atom stereocenters. The number of pyridine rings is 1. The Kier molecular flexibility index (Phi) is 6.30. The van der Waals surface area contributed by atoms with E-state index in [4.69, 9.17) is 11.6 Å². The molecule has 1 aliphatic rings. The van der Waals surface area contributed by atoms with E-state index >= 15 is 0 Å². The minimum Gasteiger partial charge on any atom is -0.347 e. The van der Waals surface area contributed by atoms with Crippen LogP contribution in [0.25, 0.3) is 5.65 Å². The highest BCUT2D eigenvalue weighted by atomic mass is 35.5. The number of nitrogens with zero attached hydrogens (tertiary/aromatic N) is 5. The Morgan fingerprint density at radius 2 is 1.89 bits per heavy atom. The van der Waals surface area contributed by atoms with Crippen LogP contribution < -0.4 is 5.32 Å². The number of rotatable bonds is 4. The lowest BCUT2D eigenvalue weighted by Crippen LogP contribution is -2.51. The zero-order valence-electron chi connectivity index (χ0n) is 20.8. The van der Waals surface area contributed by atoms with Gasteiger partial charge in [-0.15, -0.1) is 0 Å². The molecule has 9 heteroatoms. The number of hydrogen-bond donors (Lipinski definition) is 1. The molecular formula is C27H29ClN6O2. The topological polar surface area (TPSA) is 84.5 Å². The molecule has 36 heavy (non-hydrogen) atoms. The van der Waals surface area contributed by atoms with Gasteiger partial charge in [0.05, 0.1) is 16.3 Å². The number of imidazole rings is 1. The maximum Gasteiger partial charge on any atom is 0.270 e. The molecule has 4 aromatic rings. The van der Waals surface area contributed by atoms with Gasteiger partial charge in [0, 0.05) is 55.7 Å². The normalized spacial score (nSPS) is 18.0. The minimum atomic E-state index is -0.144. The van der Waals surface area contributed by atoms with Crippen LogP contribution in [0.3, 0.4) is 0 Å². The van der Waals surface area contributed by atoms with Gasteiger partial charge in [0.25, 0.3) is 11.8 Å². The lowest BCUT2D eigenvalue weighted by atomic mass is 9.85. The molecule has 1 N–H and O–H groups in total. The monoisotopic (exact) mass is 504 g/mol. The Morgan fingerprint density at radius 3 is 2.58 bits per heavy atom. The first kappa shape index (κ1) is 24.1. The molecule has 1 fully saturated rings. The van der Waals surface area contributed by atoms with Crippen LogP contribution in [0, 0.1) is 20.8 Å². The van der Waals surface area contributed by atoms with E-state index in [0.29, 0.717) is 41.4 Å². The van der Waals surface area contributed by atoms with Gasteiger partial charge in [0.1, 0.15) is 5.69 Å². The quantitative estimate of drug-likeness (QED) is 0.454. The largest absolute Gasteiger partial charge is 0.347 e. The van der Waals surface area contributed by atoms with Crippen molar-refractivity contribution >= 4 is 29.1 Å². The summed E-state index contributed by atoms with van der Waals surface area (Å²) in [5.41, 5.74) is 5.42. The molecule has 2 atom stereocenters. The van der Waals surface area contributed by atoms with E-state index in [0.717, 1.165) is 22.5 Å². The van der Waals surface area contributed by atoms with Gasteiger partial charge in [0.15, 0.2) is 5.65 Å². The van der Waals surface area contributed by atoms with Crippen LogP contribution in [0.5, 0.6) is 0 Å². The highest BCUT2D eigenvalue weighted by molar-refractivity contribution is 6.33. The number of amides is 2. The Labute approximate surface area is 214 Å². The molecule has 5 rings (SSSR count). The van der Waals surface area contributed by atoms with Crippen molar-refractivity contribution in [2.75, 3.05) is 13.1 Å². The van der Waals surface area contributed by atoms with Crippen molar-refractivity contribution in [3.63, 3.8) is 0 Å². The summed E-state index contributed by atoms with van der Waals surface area (Å²) in [5.74, 6) is -0.290. The number of carbonyl (C=O) groups excluding carboxylic acids is 2. The van der Waals surface area contributed by atoms with Crippen LogP contribution in [0.15, 0.2) is 48.8 Å².